The molecule has 4 heteroatoms. The van der Waals surface area contributed by atoms with Gasteiger partial charge in [-0.25, -0.2) is 20.1 Å². The summed E-state index contributed by atoms with van der Waals surface area (Å²) in [5.41, 5.74) is 0. The van der Waals surface area contributed by atoms with Crippen molar-refractivity contribution in [1.29, 1.82) is 0 Å². The van der Waals surface area contributed by atoms with Crippen molar-refractivity contribution in [3.8, 4) is 0 Å². The van der Waals surface area contributed by atoms with E-state index >= 15 is 0 Å². The van der Waals surface area contributed by atoms with Gasteiger partial charge >= 0.3 is 13.4 Å². The van der Waals surface area contributed by atoms with E-state index in [4.69, 9.17) is 20.1 Å². The largest absolute Gasteiger partial charge is 0.499 e. The molecule has 0 heterocycles. The lowest BCUT2D eigenvalue weighted by molar-refractivity contribution is 1.50. The van der Waals surface area contributed by atoms with Crippen LogP contribution in [0.5, 0.6) is 0 Å². The molecule has 0 radical (unpaired) electrons. The summed E-state index contributed by atoms with van der Waals surface area (Å²) < 4.78 is 0. The van der Waals surface area contributed by atoms with Gasteiger partial charge in [-0.15, -0.1) is 0 Å². The van der Waals surface area contributed by atoms with Crippen molar-refractivity contribution >= 4 is 50.8 Å². The molecule has 0 bridgehead atoms. The van der Waals surface area contributed by atoms with Crippen LogP contribution in [0.15, 0.2) is 0 Å². The van der Waals surface area contributed by atoms with Crippen LogP contribution in [0.3, 0.4) is 0 Å². The second-order valence-electron chi connectivity index (χ2n) is 0.101. The molecular weight excluding hydrogens is 149 g/mol. The third kappa shape index (κ3) is 45.0. The smallest absolute Gasteiger partial charge is 0.240 e. The van der Waals surface area contributed by atoms with E-state index in [1.807, 2.05) is 13.8 Å². The first-order chi connectivity index (χ1) is 2.41. The van der Waals surface area contributed by atoms with Gasteiger partial charge in [-0.05, 0) is 0 Å². The van der Waals surface area contributed by atoms with E-state index in [0.717, 1.165) is 0 Å². The minimum Gasteiger partial charge on any atom is -0.240 e. The molecule has 0 aromatic heterocycles. The van der Waals surface area contributed by atoms with Crippen molar-refractivity contribution in [3.05, 3.63) is 0 Å². The molecule has 0 spiro atoms. The lowest BCUT2D eigenvalue weighted by Gasteiger charge is -1.33. The number of hydrogen-bond donors (Lipinski definition) is 0. The highest BCUT2D eigenvalue weighted by molar-refractivity contribution is 7.22. The molecule has 6 heavy (non-hydrogen) atoms. The molecule has 0 aromatic rings. The van der Waals surface area contributed by atoms with E-state index in [-0.39, 0.29) is 17.4 Å². The Morgan fingerprint density at radius 1 is 1.17 bits per heavy atom. The summed E-state index contributed by atoms with van der Waals surface area (Å²) in [7, 11) is 9.81. The number of rotatable bonds is 0. The van der Waals surface area contributed by atoms with E-state index in [1.54, 1.807) is 0 Å². The maximum absolute atomic E-state index is 4.90. The van der Waals surface area contributed by atoms with Crippen LogP contribution in [0, 0.1) is 0 Å². The molecule has 0 nitrogen and oxygen atoms in total. The summed E-state index contributed by atoms with van der Waals surface area (Å²) in [5.74, 6) is 0. The molecule has 0 atom stereocenters. The van der Waals surface area contributed by atoms with Crippen molar-refractivity contribution in [2.75, 3.05) is 0 Å². The van der Waals surface area contributed by atoms with E-state index in [2.05, 4.69) is 0 Å². The zero-order valence-corrected chi connectivity index (χ0v) is 6.39. The molecule has 0 unspecified atom stereocenters. The van der Waals surface area contributed by atoms with Gasteiger partial charge in [-0.1, -0.05) is 13.8 Å². The minimum atomic E-state index is -0.639. The fourth-order valence-electron chi connectivity index (χ4n) is 0. The maximum Gasteiger partial charge on any atom is 0.499 e. The first kappa shape index (κ1) is 15.6. The van der Waals surface area contributed by atoms with Crippen LogP contribution < -0.4 is 0 Å². The van der Waals surface area contributed by atoms with Crippen LogP contribution in [0.4, 0.5) is 0 Å². The van der Waals surface area contributed by atoms with Gasteiger partial charge in [0.05, 0.1) is 0 Å². The van der Waals surface area contributed by atoms with E-state index in [1.165, 1.54) is 0 Å². The molecule has 0 amide bonds. The summed E-state index contributed by atoms with van der Waals surface area (Å²) >= 11 is -0.639. The Morgan fingerprint density at radius 3 is 1.17 bits per heavy atom. The Morgan fingerprint density at radius 2 is 1.17 bits per heavy atom. The summed E-state index contributed by atoms with van der Waals surface area (Å²) in [6.45, 7) is 4.00. The van der Waals surface area contributed by atoms with Crippen molar-refractivity contribution in [1.82, 2.24) is 0 Å². The fourth-order valence-corrected chi connectivity index (χ4v) is 0. The lowest BCUT2D eigenvalue weighted by atomic mass is 11.0. The van der Waals surface area contributed by atoms with Crippen LogP contribution in [-0.4, -0.2) is 30.7 Å². The highest BCUT2D eigenvalue weighted by Crippen LogP contribution is 1.67. The molecule has 0 saturated heterocycles. The molecule has 0 N–H and O–H groups in total. The normalized spacial score (nSPS) is 3.33. The minimum absolute atomic E-state index is 0. The second-order valence-corrected chi connectivity index (χ2v) is 2.73. The van der Waals surface area contributed by atoms with Crippen LogP contribution in [-0.2, 0) is 0 Å². The highest BCUT2D eigenvalue weighted by atomic mass is 35.7. The van der Waals surface area contributed by atoms with Crippen LogP contribution in [0.1, 0.15) is 13.8 Å². The monoisotopic (exact) mass is 158 g/mol. The van der Waals surface area contributed by atoms with E-state index in [9.17, 15) is 0 Å². The van der Waals surface area contributed by atoms with Crippen LogP contribution in [0.25, 0.3) is 0 Å². The predicted molar refractivity (Wildman–Crippen MR) is 40.1 cm³/mol. The van der Waals surface area contributed by atoms with Gasteiger partial charge in [-0.2, -0.15) is 0 Å². The standard InChI is InChI=1S/C2H6.2Al.2ClH.4H/c1-2;;;;;;;;/h1-2H3;;;2*1H;;;;/q;;+2;;;;;;/p-2. The van der Waals surface area contributed by atoms with Gasteiger partial charge in [0.25, 0.3) is 0 Å². The van der Waals surface area contributed by atoms with Crippen LogP contribution in [0.2, 0.25) is 0 Å². The molecule has 0 aromatic carbocycles. The average molecular weight is 159 g/mol. The zero-order chi connectivity index (χ0) is 4.71. The average Bonchev–Trinajstić information content (AvgIpc) is 1.46. The Hall–Kier alpha value is 1.64. The van der Waals surface area contributed by atoms with Crippen molar-refractivity contribution in [3.63, 3.8) is 0 Å². The highest BCUT2D eigenvalue weighted by Gasteiger charge is 1.59. The van der Waals surface area contributed by atoms with E-state index in [0.29, 0.717) is 0 Å². The van der Waals surface area contributed by atoms with Gasteiger partial charge in [0.1, 0.15) is 0 Å². The topological polar surface area (TPSA) is 0 Å². The Bertz CT molecular complexity index is 9.51. The maximum atomic E-state index is 4.90. The first-order valence-corrected chi connectivity index (χ1v) is 5.81. The fraction of sp³-hybridized carbons (Fsp3) is 1.00. The molecule has 0 saturated carbocycles. The lowest BCUT2D eigenvalue weighted by Crippen LogP contribution is -1.36. The SMILES string of the molecule is CC.[AlH3].[Cl][AlH][Cl]. The van der Waals surface area contributed by atoms with Crippen molar-refractivity contribution < 1.29 is 0 Å². The summed E-state index contributed by atoms with van der Waals surface area (Å²) in [5, 5.41) is 0. The Kier molecular flexibility index (Phi) is 78.9. The van der Waals surface area contributed by atoms with Gasteiger partial charge < -0.3 is 0 Å². The van der Waals surface area contributed by atoms with Gasteiger partial charge in [-0.3, -0.25) is 0 Å². The quantitative estimate of drug-likeness (QED) is 0.453. The van der Waals surface area contributed by atoms with Crippen molar-refractivity contribution in [2.45, 2.75) is 13.8 Å². The first-order valence-electron chi connectivity index (χ1n) is 1.53. The summed E-state index contributed by atoms with van der Waals surface area (Å²) in [4.78, 5) is 0. The Balaban J connectivity index is -0.0000000275. The third-order valence-electron chi connectivity index (χ3n) is 0. The van der Waals surface area contributed by atoms with E-state index < -0.39 is 13.4 Å². The Labute approximate surface area is 64.5 Å². The van der Waals surface area contributed by atoms with Gasteiger partial charge in [0.15, 0.2) is 17.4 Å². The third-order valence-corrected chi connectivity index (χ3v) is 0. The molecule has 0 fully saturated rings. The predicted octanol–water partition coefficient (Wildman–Crippen LogP) is 0.573. The second kappa shape index (κ2) is 30.3. The van der Waals surface area contributed by atoms with Gasteiger partial charge in [0, 0.05) is 0 Å². The van der Waals surface area contributed by atoms with Crippen molar-refractivity contribution in [2.24, 2.45) is 0 Å². The molecule has 0 aliphatic rings. The summed E-state index contributed by atoms with van der Waals surface area (Å²) in [6.07, 6.45) is 0. The number of hydrogen-bond acceptors (Lipinski definition) is 0. The molecule has 0 rings (SSSR count). The molecule has 38 valence electrons. The summed E-state index contributed by atoms with van der Waals surface area (Å²) in [6, 6.07) is 0. The zero-order valence-electron chi connectivity index (χ0n) is 3.46. The molecular formula is C2H10Al2Cl2. The number of halogens is 2. The molecule has 0 aliphatic heterocycles. The van der Waals surface area contributed by atoms with Gasteiger partial charge in [0.2, 0.25) is 0 Å². The molecule has 0 aliphatic carbocycles. The van der Waals surface area contributed by atoms with Crippen LogP contribution >= 0.6 is 20.1 Å².